The minimum absolute atomic E-state index is 0. The molecule has 0 saturated heterocycles. The van der Waals surface area contributed by atoms with Gasteiger partial charge in [0.1, 0.15) is 4.90 Å². The molecule has 1 saturated carbocycles. The van der Waals surface area contributed by atoms with Crippen LogP contribution in [-0.4, -0.2) is 42.7 Å². The van der Waals surface area contributed by atoms with Gasteiger partial charge in [-0.05, 0) is 32.2 Å². The van der Waals surface area contributed by atoms with Crippen molar-refractivity contribution in [2.45, 2.75) is 43.2 Å². The third kappa shape index (κ3) is 4.90. The molecule has 1 aliphatic rings. The van der Waals surface area contributed by atoms with Gasteiger partial charge in [-0.3, -0.25) is 9.48 Å². The van der Waals surface area contributed by atoms with Crippen molar-refractivity contribution in [2.24, 2.45) is 18.7 Å². The van der Waals surface area contributed by atoms with E-state index in [1.54, 1.807) is 7.05 Å². The molecule has 1 aromatic rings. The lowest BCUT2D eigenvalue weighted by Gasteiger charge is -2.22. The zero-order chi connectivity index (χ0) is 16.3. The molecule has 1 aliphatic carbocycles. The first kappa shape index (κ1) is 19.9. The number of carbonyl (C=O) groups is 1. The van der Waals surface area contributed by atoms with Crippen molar-refractivity contribution >= 4 is 28.3 Å². The van der Waals surface area contributed by atoms with Crippen molar-refractivity contribution in [3.8, 4) is 0 Å². The molecular weight excluding hydrogens is 342 g/mol. The molecule has 10 heteroatoms. The minimum atomic E-state index is -3.76. The van der Waals surface area contributed by atoms with Gasteiger partial charge in [0.05, 0.1) is 12.2 Å². The number of aryl methyl sites for hydroxylation is 1. The summed E-state index contributed by atoms with van der Waals surface area (Å²) < 4.78 is 28.1. The molecular formula is C13H24ClN5O3S. The maximum Gasteiger partial charge on any atom is 0.244 e. The molecule has 8 nitrogen and oxygen atoms in total. The van der Waals surface area contributed by atoms with E-state index in [0.717, 1.165) is 19.3 Å². The zero-order valence-electron chi connectivity index (χ0n) is 13.2. The molecule has 4 N–H and O–H groups in total. The van der Waals surface area contributed by atoms with Gasteiger partial charge < -0.3 is 11.1 Å². The Labute approximate surface area is 142 Å². The van der Waals surface area contributed by atoms with Crippen molar-refractivity contribution in [2.75, 3.05) is 6.54 Å². The van der Waals surface area contributed by atoms with Crippen LogP contribution in [0.1, 0.15) is 26.2 Å². The van der Waals surface area contributed by atoms with Gasteiger partial charge in [-0.2, -0.15) is 9.82 Å². The van der Waals surface area contributed by atoms with E-state index < -0.39 is 16.1 Å². The van der Waals surface area contributed by atoms with Crippen LogP contribution in [0, 0.1) is 5.92 Å². The van der Waals surface area contributed by atoms with Crippen molar-refractivity contribution in [1.82, 2.24) is 19.8 Å². The molecule has 0 aliphatic heterocycles. The molecule has 0 spiro atoms. The van der Waals surface area contributed by atoms with Gasteiger partial charge in [-0.1, -0.05) is 6.42 Å². The Balaban J connectivity index is 0.00000264. The van der Waals surface area contributed by atoms with E-state index in [2.05, 4.69) is 15.1 Å². The Kier molecular flexibility index (Phi) is 7.00. The molecule has 3 unspecified atom stereocenters. The Hall–Kier alpha value is -1.16. The number of nitrogens with one attached hydrogen (secondary N) is 2. The fourth-order valence-corrected chi connectivity index (χ4v) is 3.89. The molecule has 1 amide bonds. The number of nitrogens with zero attached hydrogens (tertiary/aromatic N) is 2. The summed E-state index contributed by atoms with van der Waals surface area (Å²) >= 11 is 0. The Bertz CT molecular complexity index is 633. The first-order valence-electron chi connectivity index (χ1n) is 7.35. The summed E-state index contributed by atoms with van der Waals surface area (Å²) in [6.45, 7) is 2.05. The van der Waals surface area contributed by atoms with E-state index in [1.165, 1.54) is 24.0 Å². The molecule has 2 rings (SSSR count). The lowest BCUT2D eigenvalue weighted by molar-refractivity contribution is -0.123. The average molecular weight is 366 g/mol. The van der Waals surface area contributed by atoms with Gasteiger partial charge in [0.15, 0.2) is 0 Å². The zero-order valence-corrected chi connectivity index (χ0v) is 14.9. The maximum atomic E-state index is 12.2. The van der Waals surface area contributed by atoms with E-state index in [9.17, 15) is 13.2 Å². The summed E-state index contributed by atoms with van der Waals surface area (Å²) in [5.74, 6) is -0.0658. The SMILES string of the molecule is CC(NS(=O)(=O)c1cnn(C)c1)C(=O)NC1CCCC1CN.Cl. The van der Waals surface area contributed by atoms with Crippen molar-refractivity contribution in [1.29, 1.82) is 0 Å². The second-order valence-electron chi connectivity index (χ2n) is 5.73. The Morgan fingerprint density at radius 3 is 2.78 bits per heavy atom. The van der Waals surface area contributed by atoms with Crippen molar-refractivity contribution in [3.63, 3.8) is 0 Å². The molecule has 0 aromatic carbocycles. The van der Waals surface area contributed by atoms with Gasteiger partial charge in [0.25, 0.3) is 0 Å². The molecule has 23 heavy (non-hydrogen) atoms. The van der Waals surface area contributed by atoms with Gasteiger partial charge in [0, 0.05) is 19.3 Å². The van der Waals surface area contributed by atoms with Crippen LogP contribution in [-0.2, 0) is 21.9 Å². The number of halogens is 1. The quantitative estimate of drug-likeness (QED) is 0.642. The highest BCUT2D eigenvalue weighted by Gasteiger charge is 2.30. The van der Waals surface area contributed by atoms with Crippen LogP contribution in [0.2, 0.25) is 0 Å². The number of hydrogen-bond donors (Lipinski definition) is 3. The summed E-state index contributed by atoms with van der Waals surface area (Å²) in [6, 6.07) is -0.827. The summed E-state index contributed by atoms with van der Waals surface area (Å²) in [5.41, 5.74) is 5.68. The number of sulfonamides is 1. The minimum Gasteiger partial charge on any atom is -0.352 e. The molecule has 3 atom stereocenters. The summed E-state index contributed by atoms with van der Waals surface area (Å²) in [6.07, 6.45) is 5.54. The van der Waals surface area contributed by atoms with Gasteiger partial charge in [-0.15, -0.1) is 12.4 Å². The molecule has 0 bridgehead atoms. The lowest BCUT2D eigenvalue weighted by atomic mass is 10.0. The van der Waals surface area contributed by atoms with E-state index >= 15 is 0 Å². The predicted molar refractivity (Wildman–Crippen MR) is 88.6 cm³/mol. The number of rotatable bonds is 6. The summed E-state index contributed by atoms with van der Waals surface area (Å²) in [4.78, 5) is 12.2. The molecule has 1 aromatic heterocycles. The van der Waals surface area contributed by atoms with Crippen LogP contribution in [0.4, 0.5) is 0 Å². The van der Waals surface area contributed by atoms with Gasteiger partial charge in [-0.25, -0.2) is 8.42 Å². The van der Waals surface area contributed by atoms with Crippen molar-refractivity contribution in [3.05, 3.63) is 12.4 Å². The van der Waals surface area contributed by atoms with E-state index in [4.69, 9.17) is 5.73 Å². The van der Waals surface area contributed by atoms with Gasteiger partial charge >= 0.3 is 0 Å². The van der Waals surface area contributed by atoms with Crippen molar-refractivity contribution < 1.29 is 13.2 Å². The largest absolute Gasteiger partial charge is 0.352 e. The highest BCUT2D eigenvalue weighted by atomic mass is 35.5. The second kappa shape index (κ2) is 8.09. The Morgan fingerprint density at radius 1 is 1.52 bits per heavy atom. The monoisotopic (exact) mass is 365 g/mol. The third-order valence-electron chi connectivity index (χ3n) is 4.01. The third-order valence-corrected chi connectivity index (χ3v) is 5.50. The number of aromatic nitrogens is 2. The number of nitrogens with two attached hydrogens (primary N) is 1. The fraction of sp³-hybridized carbons (Fsp3) is 0.692. The van der Waals surface area contributed by atoms with E-state index in [1.807, 2.05) is 0 Å². The topological polar surface area (TPSA) is 119 Å². The number of carbonyl (C=O) groups excluding carboxylic acids is 1. The summed E-state index contributed by atoms with van der Waals surface area (Å²) in [7, 11) is -2.13. The average Bonchev–Trinajstić information content (AvgIpc) is 3.07. The molecule has 132 valence electrons. The van der Waals surface area contributed by atoms with E-state index in [-0.39, 0.29) is 35.2 Å². The summed E-state index contributed by atoms with van der Waals surface area (Å²) in [5, 5.41) is 6.71. The van der Waals surface area contributed by atoms with Crippen LogP contribution < -0.4 is 15.8 Å². The first-order valence-corrected chi connectivity index (χ1v) is 8.83. The molecule has 1 heterocycles. The maximum absolute atomic E-state index is 12.2. The van der Waals surface area contributed by atoms with Crippen LogP contribution in [0.25, 0.3) is 0 Å². The predicted octanol–water partition coefficient (Wildman–Crippen LogP) is -0.248. The van der Waals surface area contributed by atoms with Crippen LogP contribution in [0.3, 0.4) is 0 Å². The standard InChI is InChI=1S/C13H23N5O3S.ClH/c1-9(13(19)16-12-5-3-4-10(12)6-14)17-22(20,21)11-7-15-18(2)8-11;/h7-10,12,17H,3-6,14H2,1-2H3,(H,16,19);1H. The number of amides is 1. The number of hydrogen-bond acceptors (Lipinski definition) is 5. The highest BCUT2D eigenvalue weighted by Crippen LogP contribution is 2.24. The molecule has 0 radical (unpaired) electrons. The second-order valence-corrected chi connectivity index (χ2v) is 7.45. The lowest BCUT2D eigenvalue weighted by Crippen LogP contribution is -2.49. The van der Waals surface area contributed by atoms with Gasteiger partial charge in [0.2, 0.25) is 15.9 Å². The van der Waals surface area contributed by atoms with Crippen LogP contribution in [0.5, 0.6) is 0 Å². The Morgan fingerprint density at radius 2 is 2.22 bits per heavy atom. The highest BCUT2D eigenvalue weighted by molar-refractivity contribution is 7.89. The van der Waals surface area contributed by atoms with Crippen LogP contribution >= 0.6 is 12.4 Å². The smallest absolute Gasteiger partial charge is 0.244 e. The van der Waals surface area contributed by atoms with E-state index in [0.29, 0.717) is 6.54 Å². The van der Waals surface area contributed by atoms with Crippen LogP contribution in [0.15, 0.2) is 17.3 Å². The normalized spacial score (nSPS) is 22.4. The first-order chi connectivity index (χ1) is 10.3. The molecule has 1 fully saturated rings. The fourth-order valence-electron chi connectivity index (χ4n) is 2.71.